The third-order valence-electron chi connectivity index (χ3n) is 3.19. The molecular formula is C13H19N3O. The molecule has 4 nitrogen and oxygen atoms in total. The van der Waals surface area contributed by atoms with E-state index in [1.165, 1.54) is 5.56 Å². The second-order valence-electron chi connectivity index (χ2n) is 4.63. The maximum Gasteiger partial charge on any atom is 0.223 e. The van der Waals surface area contributed by atoms with E-state index in [0.717, 1.165) is 25.1 Å². The number of aromatic nitrogens is 1. The number of carbonyl (C=O) groups is 1. The summed E-state index contributed by atoms with van der Waals surface area (Å²) in [4.78, 5) is 17.5. The number of hydrogen-bond donors (Lipinski definition) is 1. The lowest BCUT2D eigenvalue weighted by Gasteiger charge is -2.14. The van der Waals surface area contributed by atoms with Crippen LogP contribution < -0.4 is 5.32 Å². The highest BCUT2D eigenvalue weighted by molar-refractivity contribution is 5.75. The Balaban J connectivity index is 1.84. The molecule has 92 valence electrons. The molecule has 1 N–H and O–H groups in total. The minimum Gasteiger partial charge on any atom is -0.349 e. The van der Waals surface area contributed by atoms with E-state index >= 15 is 0 Å². The van der Waals surface area contributed by atoms with Crippen molar-refractivity contribution < 1.29 is 4.79 Å². The molecule has 4 heteroatoms. The lowest BCUT2D eigenvalue weighted by Crippen LogP contribution is -2.28. The molecule has 1 aromatic rings. The van der Waals surface area contributed by atoms with Crippen molar-refractivity contribution in [2.45, 2.75) is 25.3 Å². The Morgan fingerprint density at radius 3 is 3.18 bits per heavy atom. The number of carbonyl (C=O) groups excluding carboxylic acids is 1. The van der Waals surface area contributed by atoms with Crippen molar-refractivity contribution in [2.75, 3.05) is 20.6 Å². The van der Waals surface area contributed by atoms with Crippen LogP contribution in [0.25, 0.3) is 0 Å². The van der Waals surface area contributed by atoms with Gasteiger partial charge >= 0.3 is 0 Å². The Bertz CT molecular complexity index is 403. The van der Waals surface area contributed by atoms with Crippen molar-refractivity contribution in [1.29, 1.82) is 0 Å². The summed E-state index contributed by atoms with van der Waals surface area (Å²) in [7, 11) is 3.57. The molecule has 1 unspecified atom stereocenters. The lowest BCUT2D eigenvalue weighted by molar-refractivity contribution is -0.128. The van der Waals surface area contributed by atoms with E-state index in [9.17, 15) is 4.79 Å². The molecule has 0 bridgehead atoms. The van der Waals surface area contributed by atoms with Gasteiger partial charge in [-0.15, -0.1) is 0 Å². The number of pyridine rings is 1. The second kappa shape index (κ2) is 5.27. The molecule has 17 heavy (non-hydrogen) atoms. The first-order valence-corrected chi connectivity index (χ1v) is 6.06. The quantitative estimate of drug-likeness (QED) is 0.848. The zero-order valence-corrected chi connectivity index (χ0v) is 10.4. The molecule has 2 rings (SSSR count). The molecule has 1 heterocycles. The highest BCUT2D eigenvalue weighted by atomic mass is 16.2. The van der Waals surface area contributed by atoms with Crippen molar-refractivity contribution in [1.82, 2.24) is 15.2 Å². The van der Waals surface area contributed by atoms with Crippen molar-refractivity contribution in [3.8, 4) is 0 Å². The molecule has 0 aliphatic heterocycles. The summed E-state index contributed by atoms with van der Waals surface area (Å²) in [5.41, 5.74) is 2.49. The molecule has 0 saturated heterocycles. The number of hydrogen-bond acceptors (Lipinski definition) is 3. The smallest absolute Gasteiger partial charge is 0.223 e. The van der Waals surface area contributed by atoms with Crippen molar-refractivity contribution in [2.24, 2.45) is 0 Å². The van der Waals surface area contributed by atoms with E-state index in [1.807, 2.05) is 12.3 Å². The van der Waals surface area contributed by atoms with Crippen LogP contribution in [0.2, 0.25) is 0 Å². The molecule has 0 aromatic carbocycles. The number of nitrogens with zero attached hydrogens (tertiary/aromatic N) is 2. The molecule has 1 aromatic heterocycles. The van der Waals surface area contributed by atoms with E-state index in [2.05, 4.69) is 16.4 Å². The summed E-state index contributed by atoms with van der Waals surface area (Å²) < 4.78 is 0. The van der Waals surface area contributed by atoms with Gasteiger partial charge in [-0.1, -0.05) is 6.07 Å². The Morgan fingerprint density at radius 2 is 2.41 bits per heavy atom. The van der Waals surface area contributed by atoms with Crippen molar-refractivity contribution in [3.63, 3.8) is 0 Å². The standard InChI is InChI=1S/C13H19N3O/c1-16(2)12(17)7-9-14-11-6-5-10-4-3-8-15-13(10)11/h3-4,8,11,14H,5-7,9H2,1-2H3. The monoisotopic (exact) mass is 233 g/mol. The number of nitrogens with one attached hydrogen (secondary N) is 1. The minimum atomic E-state index is 0.164. The summed E-state index contributed by atoms with van der Waals surface area (Å²) >= 11 is 0. The van der Waals surface area contributed by atoms with Crippen LogP contribution in [-0.2, 0) is 11.2 Å². The van der Waals surface area contributed by atoms with Gasteiger partial charge < -0.3 is 10.2 Å². The predicted molar refractivity (Wildman–Crippen MR) is 66.6 cm³/mol. The average molecular weight is 233 g/mol. The Hall–Kier alpha value is -1.42. The predicted octanol–water partition coefficient (Wildman–Crippen LogP) is 1.14. The molecule has 1 aliphatic rings. The molecule has 0 radical (unpaired) electrons. The van der Waals surface area contributed by atoms with E-state index in [0.29, 0.717) is 12.5 Å². The van der Waals surface area contributed by atoms with Gasteiger partial charge in [-0.25, -0.2) is 0 Å². The van der Waals surface area contributed by atoms with Crippen LogP contribution in [0.1, 0.15) is 30.1 Å². The fourth-order valence-electron chi connectivity index (χ4n) is 2.19. The molecule has 0 fully saturated rings. The third-order valence-corrected chi connectivity index (χ3v) is 3.19. The van der Waals surface area contributed by atoms with Gasteiger partial charge in [0.1, 0.15) is 0 Å². The minimum absolute atomic E-state index is 0.164. The zero-order valence-electron chi connectivity index (χ0n) is 10.4. The fraction of sp³-hybridized carbons (Fsp3) is 0.538. The van der Waals surface area contributed by atoms with Gasteiger partial charge in [-0.3, -0.25) is 9.78 Å². The summed E-state index contributed by atoms with van der Waals surface area (Å²) in [6.45, 7) is 0.720. The third kappa shape index (κ3) is 2.82. The normalized spacial score (nSPS) is 17.9. The topological polar surface area (TPSA) is 45.2 Å². The van der Waals surface area contributed by atoms with Crippen LogP contribution in [0.4, 0.5) is 0 Å². The van der Waals surface area contributed by atoms with Gasteiger partial charge in [0.2, 0.25) is 5.91 Å². The van der Waals surface area contributed by atoms with Gasteiger partial charge in [0.05, 0.1) is 11.7 Å². The van der Waals surface area contributed by atoms with Gasteiger partial charge in [0.15, 0.2) is 0 Å². The maximum atomic E-state index is 11.4. The van der Waals surface area contributed by atoms with Gasteiger partial charge in [0.25, 0.3) is 0 Å². The van der Waals surface area contributed by atoms with Crippen LogP contribution in [0.5, 0.6) is 0 Å². The first-order chi connectivity index (χ1) is 8.18. The Kier molecular flexibility index (Phi) is 3.74. The molecule has 0 saturated carbocycles. The van der Waals surface area contributed by atoms with Crippen LogP contribution in [0.3, 0.4) is 0 Å². The number of amides is 1. The number of fused-ring (bicyclic) bond motifs is 1. The van der Waals surface area contributed by atoms with Gasteiger partial charge in [-0.05, 0) is 24.5 Å². The SMILES string of the molecule is CN(C)C(=O)CCNC1CCc2cccnc21. The summed E-state index contributed by atoms with van der Waals surface area (Å²) in [6, 6.07) is 4.44. The molecular weight excluding hydrogens is 214 g/mol. The lowest BCUT2D eigenvalue weighted by atomic mass is 10.2. The van der Waals surface area contributed by atoms with Crippen molar-refractivity contribution >= 4 is 5.91 Å². The largest absolute Gasteiger partial charge is 0.349 e. The van der Waals surface area contributed by atoms with Crippen LogP contribution in [-0.4, -0.2) is 36.4 Å². The van der Waals surface area contributed by atoms with E-state index in [1.54, 1.807) is 19.0 Å². The Morgan fingerprint density at radius 1 is 1.59 bits per heavy atom. The maximum absolute atomic E-state index is 11.4. The first kappa shape index (κ1) is 12.0. The fourth-order valence-corrected chi connectivity index (χ4v) is 2.19. The van der Waals surface area contributed by atoms with E-state index in [4.69, 9.17) is 0 Å². The highest BCUT2D eigenvalue weighted by Crippen LogP contribution is 2.28. The van der Waals surface area contributed by atoms with Crippen LogP contribution in [0, 0.1) is 0 Å². The second-order valence-corrected chi connectivity index (χ2v) is 4.63. The highest BCUT2D eigenvalue weighted by Gasteiger charge is 2.22. The van der Waals surface area contributed by atoms with Gasteiger partial charge in [-0.2, -0.15) is 0 Å². The van der Waals surface area contributed by atoms with Gasteiger partial charge in [0, 0.05) is 33.3 Å². The summed E-state index contributed by atoms with van der Waals surface area (Å²) in [5.74, 6) is 0.164. The average Bonchev–Trinajstić information content (AvgIpc) is 2.72. The van der Waals surface area contributed by atoms with E-state index < -0.39 is 0 Å². The molecule has 1 amide bonds. The van der Waals surface area contributed by atoms with Crippen molar-refractivity contribution in [3.05, 3.63) is 29.6 Å². The Labute approximate surface area is 102 Å². The van der Waals surface area contributed by atoms with Crippen LogP contribution in [0.15, 0.2) is 18.3 Å². The molecule has 1 aliphatic carbocycles. The molecule has 0 spiro atoms. The zero-order chi connectivity index (χ0) is 12.3. The molecule has 1 atom stereocenters. The van der Waals surface area contributed by atoms with Crippen LogP contribution >= 0.6 is 0 Å². The number of rotatable bonds is 4. The summed E-state index contributed by atoms with van der Waals surface area (Å²) in [6.07, 6.45) is 4.56. The first-order valence-electron chi connectivity index (χ1n) is 6.06. The van der Waals surface area contributed by atoms with E-state index in [-0.39, 0.29) is 5.91 Å². The summed E-state index contributed by atoms with van der Waals surface area (Å²) in [5, 5.41) is 3.41. The number of aryl methyl sites for hydroxylation is 1.